The van der Waals surface area contributed by atoms with Crippen molar-refractivity contribution in [3.8, 4) is 0 Å². The van der Waals surface area contributed by atoms with Gasteiger partial charge < -0.3 is 11.1 Å². The van der Waals surface area contributed by atoms with Crippen LogP contribution in [0.1, 0.15) is 62.4 Å². The van der Waals surface area contributed by atoms with Crippen LogP contribution in [0.2, 0.25) is 0 Å². The number of rotatable bonds is 6. The zero-order valence-electron chi connectivity index (χ0n) is 19.5. The Morgan fingerprint density at radius 3 is 2.76 bits per heavy atom. The number of primary amides is 1. The number of aromatic amines is 1. The van der Waals surface area contributed by atoms with Gasteiger partial charge in [0.25, 0.3) is 5.91 Å². The number of carbonyl (C=O) groups excluding carboxylic acids is 1. The van der Waals surface area contributed by atoms with Crippen LogP contribution >= 0.6 is 0 Å². The molecule has 0 saturated carbocycles. The molecule has 5 rings (SSSR count). The average Bonchev–Trinajstić information content (AvgIpc) is 3.48. The molecule has 4 N–H and O–H groups in total. The van der Waals surface area contributed by atoms with Crippen LogP contribution in [0.3, 0.4) is 0 Å². The van der Waals surface area contributed by atoms with E-state index < -0.39 is 17.9 Å². The molecule has 1 aliphatic heterocycles. The lowest BCUT2D eigenvalue weighted by Gasteiger charge is -2.35. The maximum absolute atomic E-state index is 13.7. The predicted molar refractivity (Wildman–Crippen MR) is 127 cm³/mol. The van der Waals surface area contributed by atoms with Gasteiger partial charge in [0, 0.05) is 36.2 Å². The van der Waals surface area contributed by atoms with Crippen molar-refractivity contribution in [2.75, 3.05) is 11.9 Å². The number of nitrogens with zero attached hydrogens (tertiary/aromatic N) is 5. The lowest BCUT2D eigenvalue weighted by Crippen LogP contribution is -2.55. The first-order valence-corrected chi connectivity index (χ1v) is 11.9. The largest absolute Gasteiger partial charge is 0.364 e. The van der Waals surface area contributed by atoms with E-state index in [4.69, 9.17) is 15.7 Å². The van der Waals surface area contributed by atoms with Crippen molar-refractivity contribution < 1.29 is 9.18 Å². The molecule has 34 heavy (non-hydrogen) atoms. The fraction of sp³-hybridized carbons (Fsp3) is 0.458. The number of carbonyl (C=O) groups is 1. The molecule has 4 heterocycles. The first-order chi connectivity index (χ1) is 16.4. The number of H-pyrrole nitrogens is 1. The van der Waals surface area contributed by atoms with Crippen molar-refractivity contribution in [3.63, 3.8) is 0 Å². The van der Waals surface area contributed by atoms with Gasteiger partial charge in [0.2, 0.25) is 5.95 Å². The van der Waals surface area contributed by atoms with Crippen LogP contribution in [-0.2, 0) is 17.6 Å². The highest BCUT2D eigenvalue weighted by Crippen LogP contribution is 2.43. The molecule has 178 valence electrons. The summed E-state index contributed by atoms with van der Waals surface area (Å²) >= 11 is 0. The molecule has 3 aromatic heterocycles. The molecular weight excluding hydrogens is 435 g/mol. The second-order valence-corrected chi connectivity index (χ2v) is 9.48. The van der Waals surface area contributed by atoms with Crippen LogP contribution in [-0.4, -0.2) is 43.6 Å². The quantitative estimate of drug-likeness (QED) is 0.376. The summed E-state index contributed by atoms with van der Waals surface area (Å²) in [6.07, 6.45) is 6.65. The third-order valence-electron chi connectivity index (χ3n) is 7.02. The topological polar surface area (TPSA) is 122 Å². The predicted octanol–water partition coefficient (Wildman–Crippen LogP) is 3.77. The van der Waals surface area contributed by atoms with Gasteiger partial charge in [-0.3, -0.25) is 9.89 Å². The van der Waals surface area contributed by atoms with Gasteiger partial charge in [-0.15, -0.1) is 0 Å². The van der Waals surface area contributed by atoms with E-state index in [9.17, 15) is 9.18 Å². The van der Waals surface area contributed by atoms with E-state index in [-0.39, 0.29) is 4.48 Å². The van der Waals surface area contributed by atoms with Gasteiger partial charge in [-0.2, -0.15) is 19.5 Å². The van der Waals surface area contributed by atoms with Crippen molar-refractivity contribution in [1.82, 2.24) is 29.6 Å². The molecule has 10 heteroatoms. The standard InChI is InChI=1S/C24H29FN8O/c1-14(2)18-12-21(32-31-18)29-23-16-6-3-4-7-17(16)28-24(30-23)33(11-5-8-19(33)22(26)34)15-9-10-20(25)27-13-15/h9-10,12-14,19H,3-8,11H2,1-2H3,(H3-,26,28,29,30,31,32,34)/p+1. The Balaban J connectivity index is 1.66. The summed E-state index contributed by atoms with van der Waals surface area (Å²) in [4.78, 5) is 26.4. The van der Waals surface area contributed by atoms with Crippen LogP contribution in [0.5, 0.6) is 0 Å². The van der Waals surface area contributed by atoms with E-state index in [0.29, 0.717) is 42.2 Å². The Bertz CT molecular complexity index is 1210. The van der Waals surface area contributed by atoms with Gasteiger partial charge in [-0.25, -0.2) is 9.47 Å². The number of nitrogens with two attached hydrogens (primary N) is 1. The second kappa shape index (κ2) is 8.75. The first kappa shape index (κ1) is 22.4. The highest BCUT2D eigenvalue weighted by Gasteiger charge is 2.52. The molecule has 1 aliphatic carbocycles. The third kappa shape index (κ3) is 3.81. The smallest absolute Gasteiger partial charge is 0.337 e. The summed E-state index contributed by atoms with van der Waals surface area (Å²) in [5, 5.41) is 10.9. The summed E-state index contributed by atoms with van der Waals surface area (Å²) in [6, 6.07) is 4.39. The fourth-order valence-electron chi connectivity index (χ4n) is 5.22. The summed E-state index contributed by atoms with van der Waals surface area (Å²) in [5.74, 6) is 1.18. The molecule has 1 fully saturated rings. The monoisotopic (exact) mass is 465 g/mol. The van der Waals surface area contributed by atoms with Crippen molar-refractivity contribution >= 4 is 29.2 Å². The van der Waals surface area contributed by atoms with Crippen molar-refractivity contribution in [1.29, 1.82) is 0 Å². The minimum Gasteiger partial charge on any atom is -0.364 e. The van der Waals surface area contributed by atoms with E-state index in [2.05, 4.69) is 34.3 Å². The molecule has 0 spiro atoms. The molecule has 0 aromatic carbocycles. The van der Waals surface area contributed by atoms with Crippen LogP contribution in [0.25, 0.3) is 0 Å². The van der Waals surface area contributed by atoms with Gasteiger partial charge in [0.1, 0.15) is 5.82 Å². The van der Waals surface area contributed by atoms with E-state index in [1.54, 1.807) is 6.07 Å². The van der Waals surface area contributed by atoms with Crippen molar-refractivity contribution in [3.05, 3.63) is 47.3 Å². The molecule has 0 radical (unpaired) electrons. The average molecular weight is 466 g/mol. The number of pyridine rings is 1. The van der Waals surface area contributed by atoms with Gasteiger partial charge in [-0.1, -0.05) is 13.8 Å². The van der Waals surface area contributed by atoms with Crippen LogP contribution in [0.15, 0.2) is 24.4 Å². The number of hydrogen-bond acceptors (Lipinski definition) is 6. The number of nitrogens with one attached hydrogen (secondary N) is 2. The number of aryl methyl sites for hydroxylation is 1. The molecule has 1 saturated heterocycles. The third-order valence-corrected chi connectivity index (χ3v) is 7.02. The Morgan fingerprint density at radius 2 is 2.06 bits per heavy atom. The van der Waals surface area contributed by atoms with Crippen molar-refractivity contribution in [2.24, 2.45) is 5.73 Å². The Labute approximate surface area is 197 Å². The number of anilines is 2. The van der Waals surface area contributed by atoms with Crippen LogP contribution < -0.4 is 15.5 Å². The zero-order valence-corrected chi connectivity index (χ0v) is 19.5. The number of fused-ring (bicyclic) bond motifs is 1. The second-order valence-electron chi connectivity index (χ2n) is 9.48. The van der Waals surface area contributed by atoms with Gasteiger partial charge >= 0.3 is 5.95 Å². The molecule has 9 nitrogen and oxygen atoms in total. The summed E-state index contributed by atoms with van der Waals surface area (Å²) in [7, 11) is 0. The highest BCUT2D eigenvalue weighted by molar-refractivity contribution is 5.84. The first-order valence-electron chi connectivity index (χ1n) is 11.9. The van der Waals surface area contributed by atoms with Crippen LogP contribution in [0, 0.1) is 5.95 Å². The molecule has 2 aliphatic rings. The maximum atomic E-state index is 13.7. The lowest BCUT2D eigenvalue weighted by molar-refractivity contribution is -0.121. The van der Waals surface area contributed by atoms with E-state index in [0.717, 1.165) is 49.1 Å². The number of aromatic nitrogens is 5. The van der Waals surface area contributed by atoms with Gasteiger partial charge in [0.05, 0.1) is 18.4 Å². The number of hydrogen-bond donors (Lipinski definition) is 3. The highest BCUT2D eigenvalue weighted by atomic mass is 19.1. The normalized spacial score (nSPS) is 22.1. The molecule has 0 bridgehead atoms. The molecule has 2 unspecified atom stereocenters. The minimum absolute atomic E-state index is 0.0440. The zero-order chi connectivity index (χ0) is 23.9. The molecule has 2 atom stereocenters. The van der Waals surface area contributed by atoms with E-state index >= 15 is 0 Å². The Kier molecular flexibility index (Phi) is 5.76. The molecule has 3 aromatic rings. The maximum Gasteiger partial charge on any atom is 0.337 e. The van der Waals surface area contributed by atoms with E-state index in [1.807, 2.05) is 6.07 Å². The van der Waals surface area contributed by atoms with Crippen LogP contribution in [0.4, 0.5) is 27.7 Å². The number of halogens is 1. The number of quaternary nitrogens is 1. The fourth-order valence-corrected chi connectivity index (χ4v) is 5.22. The summed E-state index contributed by atoms with van der Waals surface area (Å²) in [5.41, 5.74) is 9.61. The van der Waals surface area contributed by atoms with Gasteiger partial charge in [-0.05, 0) is 37.7 Å². The van der Waals surface area contributed by atoms with Crippen molar-refractivity contribution in [2.45, 2.75) is 64.3 Å². The Morgan fingerprint density at radius 1 is 1.24 bits per heavy atom. The lowest BCUT2D eigenvalue weighted by atomic mass is 9.96. The number of amides is 1. The minimum atomic E-state index is -0.579. The summed E-state index contributed by atoms with van der Waals surface area (Å²) < 4.78 is 13.7. The summed E-state index contributed by atoms with van der Waals surface area (Å²) in [6.45, 7) is 4.78. The molecular formula is C24H30FN8O+. The SMILES string of the molecule is CC(C)c1cc(Nc2nc([N+]3(c4ccc(F)nc4)CCCC3C(N)=O)nc3c2CCCC3)n[nH]1. The van der Waals surface area contributed by atoms with Gasteiger partial charge in [0.15, 0.2) is 17.5 Å². The molecule has 1 amide bonds. The Hall–Kier alpha value is -3.40. The van der Waals surface area contributed by atoms with E-state index in [1.165, 1.54) is 12.3 Å².